The van der Waals surface area contributed by atoms with Gasteiger partial charge in [0.25, 0.3) is 0 Å². The maximum Gasteiger partial charge on any atom is 0.338 e. The Morgan fingerprint density at radius 2 is 1.84 bits per heavy atom. The van der Waals surface area contributed by atoms with Gasteiger partial charge in [-0.25, -0.2) is 13.2 Å². The lowest BCUT2D eigenvalue weighted by molar-refractivity contribution is 0.0210. The lowest BCUT2D eigenvalue weighted by Crippen LogP contribution is -2.40. The fourth-order valence-corrected chi connectivity index (χ4v) is 4.75. The molecular formula is C18H25NO5S. The molecule has 1 saturated carbocycles. The van der Waals surface area contributed by atoms with E-state index < -0.39 is 16.0 Å². The number of ether oxygens (including phenoxy) is 2. The highest BCUT2D eigenvalue weighted by atomic mass is 32.2. The summed E-state index contributed by atoms with van der Waals surface area (Å²) in [6.07, 6.45) is 5.04. The van der Waals surface area contributed by atoms with Crippen LogP contribution >= 0.6 is 0 Å². The number of carbonyl (C=O) groups is 1. The number of carbonyl (C=O) groups excluding carboxylic acids is 1. The van der Waals surface area contributed by atoms with Crippen molar-refractivity contribution in [3.05, 3.63) is 29.3 Å². The molecular weight excluding hydrogens is 342 g/mol. The third-order valence-corrected chi connectivity index (χ3v) is 6.76. The first kappa shape index (κ1) is 18.4. The van der Waals surface area contributed by atoms with Gasteiger partial charge >= 0.3 is 5.97 Å². The van der Waals surface area contributed by atoms with Crippen molar-refractivity contribution in [2.75, 3.05) is 26.3 Å². The zero-order chi connectivity index (χ0) is 17.9. The van der Waals surface area contributed by atoms with Gasteiger partial charge in [0.2, 0.25) is 10.0 Å². The van der Waals surface area contributed by atoms with Crippen molar-refractivity contribution < 1.29 is 22.7 Å². The fraction of sp³-hybridized carbons (Fsp3) is 0.611. The topological polar surface area (TPSA) is 72.9 Å². The SMILES string of the molecule is Cc1ccc(S(=O)(=O)N2CCOCC2)cc1C(=O)OC1CCCCC1. The number of sulfonamides is 1. The molecule has 1 saturated heterocycles. The smallest absolute Gasteiger partial charge is 0.338 e. The third-order valence-electron chi connectivity index (χ3n) is 4.86. The molecule has 2 fully saturated rings. The number of benzene rings is 1. The van der Waals surface area contributed by atoms with Gasteiger partial charge in [0.15, 0.2) is 0 Å². The van der Waals surface area contributed by atoms with Crippen molar-refractivity contribution in [2.24, 2.45) is 0 Å². The first-order chi connectivity index (χ1) is 12.0. The average Bonchev–Trinajstić information content (AvgIpc) is 2.63. The van der Waals surface area contributed by atoms with Crippen LogP contribution in [0.1, 0.15) is 48.0 Å². The molecule has 1 aliphatic heterocycles. The van der Waals surface area contributed by atoms with Crippen molar-refractivity contribution >= 4 is 16.0 Å². The van der Waals surface area contributed by atoms with Gasteiger partial charge in [0.05, 0.1) is 23.7 Å². The van der Waals surface area contributed by atoms with Gasteiger partial charge in [0.1, 0.15) is 6.10 Å². The van der Waals surface area contributed by atoms with Crippen molar-refractivity contribution in [1.29, 1.82) is 0 Å². The highest BCUT2D eigenvalue weighted by Gasteiger charge is 2.28. The predicted molar refractivity (Wildman–Crippen MR) is 93.0 cm³/mol. The number of esters is 1. The van der Waals surface area contributed by atoms with E-state index in [1.807, 2.05) is 0 Å². The summed E-state index contributed by atoms with van der Waals surface area (Å²) in [5, 5.41) is 0. The lowest BCUT2D eigenvalue weighted by atomic mass is 9.97. The molecule has 138 valence electrons. The number of nitrogens with zero attached hydrogens (tertiary/aromatic N) is 1. The lowest BCUT2D eigenvalue weighted by Gasteiger charge is -2.26. The van der Waals surface area contributed by atoms with Crippen LogP contribution in [-0.2, 0) is 19.5 Å². The van der Waals surface area contributed by atoms with Crippen molar-refractivity contribution in [3.8, 4) is 0 Å². The molecule has 0 amide bonds. The second kappa shape index (κ2) is 7.85. The monoisotopic (exact) mass is 367 g/mol. The van der Waals surface area contributed by atoms with Gasteiger partial charge in [-0.15, -0.1) is 0 Å². The third kappa shape index (κ3) is 4.22. The Labute approximate surface area is 149 Å². The number of hydrogen-bond donors (Lipinski definition) is 0. The molecule has 7 heteroatoms. The molecule has 3 rings (SSSR count). The largest absolute Gasteiger partial charge is 0.459 e. The van der Waals surface area contributed by atoms with Crippen LogP contribution in [0.3, 0.4) is 0 Å². The zero-order valence-corrected chi connectivity index (χ0v) is 15.4. The number of rotatable bonds is 4. The Kier molecular flexibility index (Phi) is 5.76. The second-order valence-corrected chi connectivity index (χ2v) is 8.60. The van der Waals surface area contributed by atoms with E-state index in [0.29, 0.717) is 31.9 Å². The van der Waals surface area contributed by atoms with Crippen LogP contribution in [0.15, 0.2) is 23.1 Å². The van der Waals surface area contributed by atoms with Crippen molar-refractivity contribution in [1.82, 2.24) is 4.31 Å². The van der Waals surface area contributed by atoms with E-state index >= 15 is 0 Å². The number of aryl methyl sites for hydroxylation is 1. The highest BCUT2D eigenvalue weighted by molar-refractivity contribution is 7.89. The van der Waals surface area contributed by atoms with Crippen LogP contribution in [-0.4, -0.2) is 51.1 Å². The zero-order valence-electron chi connectivity index (χ0n) is 14.6. The highest BCUT2D eigenvalue weighted by Crippen LogP contribution is 2.24. The fourth-order valence-electron chi connectivity index (χ4n) is 3.32. The van der Waals surface area contributed by atoms with E-state index in [4.69, 9.17) is 9.47 Å². The summed E-state index contributed by atoms with van der Waals surface area (Å²) in [5.74, 6) is -0.427. The molecule has 1 aliphatic carbocycles. The standard InChI is InChI=1S/C18H25NO5S/c1-14-7-8-16(25(21,22)19-9-11-23-12-10-19)13-17(14)18(20)24-15-5-3-2-4-6-15/h7-8,13,15H,2-6,9-12H2,1H3. The van der Waals surface area contributed by atoms with Crippen LogP contribution in [0.2, 0.25) is 0 Å². The number of morpholine rings is 1. The normalized spacial score (nSPS) is 20.4. The predicted octanol–water partition coefficient (Wildman–Crippen LogP) is 2.51. The van der Waals surface area contributed by atoms with Crippen LogP contribution in [0.5, 0.6) is 0 Å². The molecule has 0 spiro atoms. The molecule has 6 nitrogen and oxygen atoms in total. The quantitative estimate of drug-likeness (QED) is 0.765. The Morgan fingerprint density at radius 1 is 1.16 bits per heavy atom. The van der Waals surface area contributed by atoms with Gasteiger partial charge in [-0.05, 0) is 50.3 Å². The summed E-state index contributed by atoms with van der Waals surface area (Å²) in [7, 11) is -3.62. The summed E-state index contributed by atoms with van der Waals surface area (Å²) in [5.41, 5.74) is 1.06. The average molecular weight is 367 g/mol. The first-order valence-electron chi connectivity index (χ1n) is 8.88. The molecule has 0 unspecified atom stereocenters. The Morgan fingerprint density at radius 3 is 2.52 bits per heavy atom. The first-order valence-corrected chi connectivity index (χ1v) is 10.3. The molecule has 1 heterocycles. The number of hydrogen-bond acceptors (Lipinski definition) is 5. The van der Waals surface area contributed by atoms with E-state index in [1.165, 1.54) is 16.8 Å². The summed E-state index contributed by atoms with van der Waals surface area (Å²) < 4.78 is 37.8. The Balaban J connectivity index is 1.80. The minimum Gasteiger partial charge on any atom is -0.459 e. The van der Waals surface area contributed by atoms with Crippen LogP contribution in [0.4, 0.5) is 0 Å². The van der Waals surface area contributed by atoms with Crippen molar-refractivity contribution in [2.45, 2.75) is 50.0 Å². The van der Waals surface area contributed by atoms with Gasteiger partial charge in [-0.3, -0.25) is 0 Å². The molecule has 1 aromatic rings. The van der Waals surface area contributed by atoms with Gasteiger partial charge < -0.3 is 9.47 Å². The molecule has 0 aromatic heterocycles. The minimum absolute atomic E-state index is 0.0554. The van der Waals surface area contributed by atoms with Gasteiger partial charge in [0, 0.05) is 13.1 Å². The van der Waals surface area contributed by atoms with Crippen LogP contribution < -0.4 is 0 Å². The summed E-state index contributed by atoms with van der Waals surface area (Å²) >= 11 is 0. The van der Waals surface area contributed by atoms with Gasteiger partial charge in [-0.2, -0.15) is 4.31 Å². The van der Waals surface area contributed by atoms with Crippen molar-refractivity contribution in [3.63, 3.8) is 0 Å². The summed E-state index contributed by atoms with van der Waals surface area (Å²) in [4.78, 5) is 12.7. The second-order valence-electron chi connectivity index (χ2n) is 6.66. The van der Waals surface area contributed by atoms with E-state index in [0.717, 1.165) is 31.2 Å². The molecule has 0 atom stereocenters. The van der Waals surface area contributed by atoms with E-state index in [-0.39, 0.29) is 11.0 Å². The molecule has 0 radical (unpaired) electrons. The Bertz CT molecular complexity index is 719. The Hall–Kier alpha value is -1.44. The maximum atomic E-state index is 12.8. The maximum absolute atomic E-state index is 12.8. The molecule has 0 bridgehead atoms. The van der Waals surface area contributed by atoms with Gasteiger partial charge in [-0.1, -0.05) is 12.5 Å². The van der Waals surface area contributed by atoms with E-state index in [2.05, 4.69) is 0 Å². The molecule has 0 N–H and O–H groups in total. The molecule has 1 aromatic carbocycles. The summed E-state index contributed by atoms with van der Waals surface area (Å²) in [6, 6.07) is 4.67. The minimum atomic E-state index is -3.62. The molecule has 25 heavy (non-hydrogen) atoms. The summed E-state index contributed by atoms with van der Waals surface area (Å²) in [6.45, 7) is 3.24. The van der Waals surface area contributed by atoms with E-state index in [9.17, 15) is 13.2 Å². The molecule has 2 aliphatic rings. The van der Waals surface area contributed by atoms with E-state index in [1.54, 1.807) is 19.1 Å². The van der Waals surface area contributed by atoms with Crippen LogP contribution in [0, 0.1) is 6.92 Å². The van der Waals surface area contributed by atoms with Crippen LogP contribution in [0.25, 0.3) is 0 Å².